The molecule has 0 spiro atoms. The number of fused-ring (bicyclic) bond motifs is 5. The van der Waals surface area contributed by atoms with Gasteiger partial charge in [-0.2, -0.15) is 0 Å². The summed E-state index contributed by atoms with van der Waals surface area (Å²) in [5, 5.41) is 10.5. The van der Waals surface area contributed by atoms with Crippen molar-refractivity contribution in [3.63, 3.8) is 0 Å². The molecule has 0 bridgehead atoms. The van der Waals surface area contributed by atoms with E-state index in [4.69, 9.17) is 9.73 Å². The van der Waals surface area contributed by atoms with E-state index in [1.165, 1.54) is 11.3 Å². The van der Waals surface area contributed by atoms with Crippen LogP contribution in [0, 0.1) is 0 Å². The molecule has 1 aromatic heterocycles. The van der Waals surface area contributed by atoms with Crippen LogP contribution in [0.25, 0.3) is 0 Å². The molecule has 4 atom stereocenters. The predicted octanol–water partition coefficient (Wildman–Crippen LogP) is 7.33. The van der Waals surface area contributed by atoms with E-state index in [1.54, 1.807) is 0 Å². The summed E-state index contributed by atoms with van der Waals surface area (Å²) < 4.78 is 6.63. The van der Waals surface area contributed by atoms with Crippen LogP contribution in [-0.4, -0.2) is 23.4 Å². The first-order chi connectivity index (χ1) is 22.8. The van der Waals surface area contributed by atoms with Gasteiger partial charge in [-0.05, 0) is 78.0 Å². The fourth-order valence-corrected chi connectivity index (χ4v) is 7.03. The topological polar surface area (TPSA) is 73.8 Å². The summed E-state index contributed by atoms with van der Waals surface area (Å²) in [5.41, 5.74) is 10.0. The van der Waals surface area contributed by atoms with Crippen molar-refractivity contribution in [2.75, 3.05) is 16.8 Å². The lowest BCUT2D eigenvalue weighted by molar-refractivity contribution is 0.257. The van der Waals surface area contributed by atoms with E-state index in [-0.39, 0.29) is 24.2 Å². The molecule has 7 heteroatoms. The summed E-state index contributed by atoms with van der Waals surface area (Å²) in [5.74, 6) is 1.99. The van der Waals surface area contributed by atoms with Crippen molar-refractivity contribution in [3.05, 3.63) is 174 Å². The Bertz CT molecular complexity index is 1990. The highest BCUT2D eigenvalue weighted by atomic mass is 16.5. The van der Waals surface area contributed by atoms with Crippen molar-refractivity contribution in [1.82, 2.24) is 15.6 Å². The summed E-state index contributed by atoms with van der Waals surface area (Å²) in [4.78, 5) is 11.8. The highest BCUT2D eigenvalue weighted by Gasteiger charge is 2.42. The van der Waals surface area contributed by atoms with E-state index in [2.05, 4.69) is 129 Å². The smallest absolute Gasteiger partial charge is 0.196 e. The number of anilines is 3. The molecule has 0 amide bonds. The zero-order valence-electron chi connectivity index (χ0n) is 25.0. The standard InChI is InChI=1S/C39H32N6O/c1-2-6-28(7-3-1)39-44-31-14-15-35-36(37(31)46-39)30-8-4-5-9-34(30)45(35)29-12-10-27(11-13-29)38-42-32(25-16-20-40-21-17-25)24-33(43-38)26-18-22-41-23-19-26/h1-22,24,30,32,34,39,41,44H,23H2,(H,42,43). The normalized spacial score (nSPS) is 23.5. The molecule has 9 rings (SSSR count). The molecule has 0 fully saturated rings. The van der Waals surface area contributed by atoms with Crippen LogP contribution in [0.5, 0.6) is 5.75 Å². The number of aliphatic imine (C=N–C) groups is 1. The Labute approximate surface area is 268 Å². The number of ether oxygens (including phenoxy) is 1. The monoisotopic (exact) mass is 600 g/mol. The fraction of sp³-hybridized carbons (Fsp3) is 0.128. The summed E-state index contributed by atoms with van der Waals surface area (Å²) in [6.07, 6.45) is 20.8. The Kier molecular flexibility index (Phi) is 6.33. The molecule has 4 aromatic rings. The Balaban J connectivity index is 1.05. The number of nitrogens with zero attached hydrogens (tertiary/aromatic N) is 3. The first-order valence-electron chi connectivity index (χ1n) is 15.8. The largest absolute Gasteiger partial charge is 0.464 e. The summed E-state index contributed by atoms with van der Waals surface area (Å²) in [6, 6.07) is 27.6. The summed E-state index contributed by atoms with van der Waals surface area (Å²) in [7, 11) is 0. The Morgan fingerprint density at radius 3 is 2.52 bits per heavy atom. The van der Waals surface area contributed by atoms with Crippen LogP contribution in [0.2, 0.25) is 0 Å². The minimum absolute atomic E-state index is 0.112. The maximum Gasteiger partial charge on any atom is 0.196 e. The minimum Gasteiger partial charge on any atom is -0.464 e. The second kappa shape index (κ2) is 11.0. The molecule has 4 aliphatic heterocycles. The van der Waals surface area contributed by atoms with Crippen molar-refractivity contribution in [2.45, 2.75) is 24.2 Å². The molecule has 5 aliphatic rings. The summed E-state index contributed by atoms with van der Waals surface area (Å²) in [6.45, 7) is 0.798. The van der Waals surface area contributed by atoms with Crippen molar-refractivity contribution in [2.24, 2.45) is 4.99 Å². The van der Waals surface area contributed by atoms with E-state index >= 15 is 0 Å². The van der Waals surface area contributed by atoms with Gasteiger partial charge in [-0.3, -0.25) is 9.98 Å². The number of aromatic nitrogens is 1. The maximum atomic E-state index is 6.63. The van der Waals surface area contributed by atoms with Crippen LogP contribution in [0.1, 0.15) is 40.4 Å². The summed E-state index contributed by atoms with van der Waals surface area (Å²) >= 11 is 0. The van der Waals surface area contributed by atoms with Gasteiger partial charge in [0, 0.05) is 58.6 Å². The van der Waals surface area contributed by atoms with Gasteiger partial charge in [-0.15, -0.1) is 0 Å². The number of benzene rings is 3. The Morgan fingerprint density at radius 1 is 0.848 bits per heavy atom. The Hall–Kier alpha value is -5.82. The second-order valence-corrected chi connectivity index (χ2v) is 11.9. The van der Waals surface area contributed by atoms with Gasteiger partial charge in [-0.1, -0.05) is 60.7 Å². The van der Waals surface area contributed by atoms with Crippen LogP contribution < -0.4 is 25.6 Å². The molecule has 7 nitrogen and oxygen atoms in total. The van der Waals surface area contributed by atoms with Gasteiger partial charge < -0.3 is 25.6 Å². The molecule has 46 heavy (non-hydrogen) atoms. The molecule has 1 aliphatic carbocycles. The average molecular weight is 601 g/mol. The fourth-order valence-electron chi connectivity index (χ4n) is 7.03. The lowest BCUT2D eigenvalue weighted by Crippen LogP contribution is -2.30. The van der Waals surface area contributed by atoms with Crippen LogP contribution in [-0.2, 0) is 0 Å². The second-order valence-electron chi connectivity index (χ2n) is 11.9. The molecule has 0 saturated carbocycles. The van der Waals surface area contributed by atoms with Gasteiger partial charge in [0.25, 0.3) is 0 Å². The first kappa shape index (κ1) is 26.6. The number of hydrogen-bond acceptors (Lipinski definition) is 7. The van der Waals surface area contributed by atoms with Gasteiger partial charge >= 0.3 is 0 Å². The number of rotatable bonds is 5. The number of nitrogens with one attached hydrogen (secondary N) is 3. The van der Waals surface area contributed by atoms with E-state index in [1.807, 2.05) is 36.8 Å². The number of amidine groups is 1. The third-order valence-electron chi connectivity index (χ3n) is 9.24. The van der Waals surface area contributed by atoms with Crippen molar-refractivity contribution >= 4 is 22.9 Å². The van der Waals surface area contributed by atoms with E-state index < -0.39 is 0 Å². The maximum absolute atomic E-state index is 6.63. The Morgan fingerprint density at radius 2 is 1.70 bits per heavy atom. The number of allylic oxidation sites excluding steroid dienone is 3. The molecule has 5 heterocycles. The van der Waals surface area contributed by atoms with E-state index in [0.29, 0.717) is 0 Å². The van der Waals surface area contributed by atoms with E-state index in [9.17, 15) is 0 Å². The predicted molar refractivity (Wildman–Crippen MR) is 183 cm³/mol. The van der Waals surface area contributed by atoms with Crippen molar-refractivity contribution in [1.29, 1.82) is 0 Å². The molecule has 0 radical (unpaired) electrons. The zero-order valence-corrected chi connectivity index (χ0v) is 25.0. The number of hydrogen-bond donors (Lipinski definition) is 3. The van der Waals surface area contributed by atoms with Gasteiger partial charge in [-0.25, -0.2) is 0 Å². The van der Waals surface area contributed by atoms with Gasteiger partial charge in [0.1, 0.15) is 5.84 Å². The van der Waals surface area contributed by atoms with Crippen molar-refractivity contribution in [3.8, 4) is 5.75 Å². The molecular formula is C39H32N6O. The molecule has 3 aromatic carbocycles. The molecule has 224 valence electrons. The number of dihydropyridines is 1. The highest BCUT2D eigenvalue weighted by Crippen LogP contribution is 2.55. The SMILES string of the molecule is C1=CC2c3c(ccc4c3OC(c3ccccc3)N4)N(c3ccc(C4=NC(c5ccncc5)C=C(C5=CCNC=C5)N4)cc3)C2C=C1. The highest BCUT2D eigenvalue weighted by molar-refractivity contribution is 6.01. The first-order valence-corrected chi connectivity index (χ1v) is 15.8. The molecular weight excluding hydrogens is 568 g/mol. The third-order valence-corrected chi connectivity index (χ3v) is 9.24. The lowest BCUT2D eigenvalue weighted by atomic mass is 9.90. The third kappa shape index (κ3) is 4.51. The van der Waals surface area contributed by atoms with Crippen LogP contribution in [0.3, 0.4) is 0 Å². The molecule has 3 N–H and O–H groups in total. The lowest BCUT2D eigenvalue weighted by Gasteiger charge is -2.29. The van der Waals surface area contributed by atoms with Gasteiger partial charge in [0.15, 0.2) is 12.0 Å². The van der Waals surface area contributed by atoms with Crippen LogP contribution in [0.4, 0.5) is 17.1 Å². The van der Waals surface area contributed by atoms with Crippen LogP contribution in [0.15, 0.2) is 156 Å². The van der Waals surface area contributed by atoms with E-state index in [0.717, 1.165) is 57.5 Å². The van der Waals surface area contributed by atoms with Crippen LogP contribution >= 0.6 is 0 Å². The molecule has 4 unspecified atom stereocenters. The zero-order chi connectivity index (χ0) is 30.5. The minimum atomic E-state index is -0.201. The van der Waals surface area contributed by atoms with Gasteiger partial charge in [0.2, 0.25) is 0 Å². The molecule has 0 saturated heterocycles. The van der Waals surface area contributed by atoms with Crippen molar-refractivity contribution < 1.29 is 4.74 Å². The van der Waals surface area contributed by atoms with Gasteiger partial charge in [0.05, 0.1) is 17.8 Å². The quantitative estimate of drug-likeness (QED) is 0.223. The average Bonchev–Trinajstić information content (AvgIpc) is 3.72. The number of pyridine rings is 1.